The smallest absolute Gasteiger partial charge is 0.305 e. The summed E-state index contributed by atoms with van der Waals surface area (Å²) in [5.41, 5.74) is 2.16. The first kappa shape index (κ1) is 18.6. The first-order valence-electron chi connectivity index (χ1n) is 7.97. The molecule has 1 aromatic heterocycles. The zero-order chi connectivity index (χ0) is 18.6. The normalized spacial score (nSPS) is 13.3. The summed E-state index contributed by atoms with van der Waals surface area (Å²) in [5, 5.41) is 15.7. The van der Waals surface area contributed by atoms with E-state index >= 15 is 0 Å². The van der Waals surface area contributed by atoms with Crippen molar-refractivity contribution in [3.63, 3.8) is 0 Å². The number of halogens is 1. The van der Waals surface area contributed by atoms with Gasteiger partial charge in [-0.25, -0.2) is 4.39 Å². The number of nitrogens with zero attached hydrogens (tertiary/aromatic N) is 1. The van der Waals surface area contributed by atoms with Crippen LogP contribution in [0.3, 0.4) is 0 Å². The Morgan fingerprint density at radius 3 is 2.40 bits per heavy atom. The molecule has 1 heterocycles. The molecule has 7 heteroatoms. The summed E-state index contributed by atoms with van der Waals surface area (Å²) in [6.07, 6.45) is -0.114. The van der Waals surface area contributed by atoms with Crippen LogP contribution < -0.4 is 5.32 Å². The number of aryl methyl sites for hydroxylation is 2. The van der Waals surface area contributed by atoms with Gasteiger partial charge in [0.2, 0.25) is 5.91 Å². The van der Waals surface area contributed by atoms with Gasteiger partial charge in [-0.3, -0.25) is 9.59 Å². The van der Waals surface area contributed by atoms with Gasteiger partial charge >= 0.3 is 5.97 Å². The van der Waals surface area contributed by atoms with E-state index in [2.05, 4.69) is 10.5 Å². The molecular weight excluding hydrogens is 327 g/mol. The molecule has 2 unspecified atom stereocenters. The maximum Gasteiger partial charge on any atom is 0.305 e. The van der Waals surface area contributed by atoms with Crippen molar-refractivity contribution in [1.82, 2.24) is 10.5 Å². The van der Waals surface area contributed by atoms with E-state index in [1.54, 1.807) is 6.92 Å². The minimum atomic E-state index is -1.05. The number of aromatic nitrogens is 1. The molecule has 0 fully saturated rings. The monoisotopic (exact) mass is 348 g/mol. The Morgan fingerprint density at radius 2 is 1.88 bits per heavy atom. The molecule has 6 nitrogen and oxygen atoms in total. The molecule has 0 saturated heterocycles. The van der Waals surface area contributed by atoms with Gasteiger partial charge in [0, 0.05) is 12.0 Å². The van der Waals surface area contributed by atoms with Crippen molar-refractivity contribution in [1.29, 1.82) is 0 Å². The van der Waals surface area contributed by atoms with Gasteiger partial charge in [-0.05, 0) is 37.5 Å². The lowest BCUT2D eigenvalue weighted by Gasteiger charge is -2.19. The SMILES string of the molecule is Cc1noc(C)c1C(C)CC(=O)NC(CC(=O)O)c1ccc(F)cc1. The number of carbonyl (C=O) groups is 2. The summed E-state index contributed by atoms with van der Waals surface area (Å²) in [5.74, 6) is -1.21. The second-order valence-electron chi connectivity index (χ2n) is 6.11. The van der Waals surface area contributed by atoms with Crippen molar-refractivity contribution in [2.75, 3.05) is 0 Å². The number of carboxylic acids is 1. The highest BCUT2D eigenvalue weighted by atomic mass is 19.1. The number of hydrogen-bond donors (Lipinski definition) is 2. The highest BCUT2D eigenvalue weighted by molar-refractivity contribution is 5.78. The average molecular weight is 348 g/mol. The molecule has 0 saturated carbocycles. The fourth-order valence-electron chi connectivity index (χ4n) is 2.95. The molecule has 1 amide bonds. The van der Waals surface area contributed by atoms with Gasteiger partial charge in [0.1, 0.15) is 11.6 Å². The highest BCUT2D eigenvalue weighted by Gasteiger charge is 2.22. The van der Waals surface area contributed by atoms with E-state index in [-0.39, 0.29) is 24.7 Å². The predicted octanol–water partition coefficient (Wildman–Crippen LogP) is 3.26. The third-order valence-electron chi connectivity index (χ3n) is 4.06. The minimum Gasteiger partial charge on any atom is -0.481 e. The predicted molar refractivity (Wildman–Crippen MR) is 88.5 cm³/mol. The van der Waals surface area contributed by atoms with Crippen LogP contribution in [0.2, 0.25) is 0 Å². The fourth-order valence-corrected chi connectivity index (χ4v) is 2.95. The third kappa shape index (κ3) is 4.89. The Bertz CT molecular complexity index is 735. The molecule has 2 atom stereocenters. The molecule has 0 spiro atoms. The van der Waals surface area contributed by atoms with Crippen LogP contribution in [0, 0.1) is 19.7 Å². The van der Waals surface area contributed by atoms with E-state index in [9.17, 15) is 14.0 Å². The van der Waals surface area contributed by atoms with Gasteiger partial charge in [-0.2, -0.15) is 0 Å². The first-order chi connectivity index (χ1) is 11.8. The standard InChI is InChI=1S/C18H21FN2O4/c1-10(18-11(2)21-25-12(18)3)8-16(22)20-15(9-17(23)24)13-4-6-14(19)7-5-13/h4-7,10,15H,8-9H2,1-3H3,(H,20,22)(H,23,24). The number of carboxylic acid groups (broad SMARTS) is 1. The minimum absolute atomic E-state index is 0.120. The van der Waals surface area contributed by atoms with Gasteiger partial charge in [0.05, 0.1) is 18.2 Å². The number of amides is 1. The topological polar surface area (TPSA) is 92.4 Å². The number of aliphatic carboxylic acids is 1. The Morgan fingerprint density at radius 1 is 1.24 bits per heavy atom. The summed E-state index contributed by atoms with van der Waals surface area (Å²) in [4.78, 5) is 23.5. The summed E-state index contributed by atoms with van der Waals surface area (Å²) >= 11 is 0. The first-order valence-corrected chi connectivity index (χ1v) is 7.97. The van der Waals surface area contributed by atoms with Crippen molar-refractivity contribution < 1.29 is 23.6 Å². The molecule has 0 aliphatic heterocycles. The number of benzene rings is 1. The van der Waals surface area contributed by atoms with Gasteiger partial charge in [-0.1, -0.05) is 24.2 Å². The second kappa shape index (κ2) is 7.92. The summed E-state index contributed by atoms with van der Waals surface area (Å²) in [6, 6.07) is 4.70. The maximum absolute atomic E-state index is 13.1. The lowest BCUT2D eigenvalue weighted by atomic mass is 9.95. The molecule has 2 N–H and O–H groups in total. The third-order valence-corrected chi connectivity index (χ3v) is 4.06. The largest absolute Gasteiger partial charge is 0.481 e. The summed E-state index contributed by atoms with van der Waals surface area (Å²) < 4.78 is 18.2. The highest BCUT2D eigenvalue weighted by Crippen LogP contribution is 2.26. The molecule has 0 aliphatic rings. The van der Waals surface area contributed by atoms with Crippen molar-refractivity contribution in [3.05, 3.63) is 52.7 Å². The van der Waals surface area contributed by atoms with Crippen LogP contribution in [0.5, 0.6) is 0 Å². The van der Waals surface area contributed by atoms with Gasteiger partial charge in [-0.15, -0.1) is 0 Å². The quantitative estimate of drug-likeness (QED) is 0.801. The second-order valence-corrected chi connectivity index (χ2v) is 6.11. The van der Waals surface area contributed by atoms with E-state index in [0.29, 0.717) is 11.3 Å². The Kier molecular flexibility index (Phi) is 5.90. The van der Waals surface area contributed by atoms with E-state index in [1.165, 1.54) is 24.3 Å². The average Bonchev–Trinajstić information content (AvgIpc) is 2.85. The van der Waals surface area contributed by atoms with E-state index < -0.39 is 17.8 Å². The molecule has 2 aromatic rings. The van der Waals surface area contributed by atoms with Crippen LogP contribution in [-0.4, -0.2) is 22.1 Å². The Balaban J connectivity index is 2.08. The summed E-state index contributed by atoms with van der Waals surface area (Å²) in [7, 11) is 0. The molecule has 25 heavy (non-hydrogen) atoms. The van der Waals surface area contributed by atoms with Crippen LogP contribution in [-0.2, 0) is 9.59 Å². The van der Waals surface area contributed by atoms with Gasteiger partial charge < -0.3 is 14.9 Å². The molecular formula is C18H21FN2O4. The van der Waals surface area contributed by atoms with Crippen molar-refractivity contribution in [3.8, 4) is 0 Å². The maximum atomic E-state index is 13.1. The van der Waals surface area contributed by atoms with Gasteiger partial charge in [0.15, 0.2) is 0 Å². The molecule has 0 bridgehead atoms. The van der Waals surface area contributed by atoms with E-state index in [0.717, 1.165) is 11.3 Å². The van der Waals surface area contributed by atoms with Crippen molar-refractivity contribution in [2.45, 2.75) is 45.6 Å². The zero-order valence-electron chi connectivity index (χ0n) is 14.4. The van der Waals surface area contributed by atoms with E-state index in [4.69, 9.17) is 9.63 Å². The zero-order valence-corrected chi connectivity index (χ0v) is 14.4. The van der Waals surface area contributed by atoms with Crippen LogP contribution in [0.4, 0.5) is 4.39 Å². The van der Waals surface area contributed by atoms with Crippen LogP contribution in [0.25, 0.3) is 0 Å². The molecule has 1 aromatic carbocycles. The number of nitrogens with one attached hydrogen (secondary N) is 1. The van der Waals surface area contributed by atoms with E-state index in [1.807, 2.05) is 13.8 Å². The number of carbonyl (C=O) groups excluding carboxylic acids is 1. The molecule has 134 valence electrons. The Labute approximate surface area is 145 Å². The van der Waals surface area contributed by atoms with Crippen LogP contribution >= 0.6 is 0 Å². The fraction of sp³-hybridized carbons (Fsp3) is 0.389. The molecule has 0 radical (unpaired) electrons. The Hall–Kier alpha value is -2.70. The molecule has 2 rings (SSSR count). The van der Waals surface area contributed by atoms with Crippen LogP contribution in [0.15, 0.2) is 28.8 Å². The summed E-state index contributed by atoms with van der Waals surface area (Å²) in [6.45, 7) is 5.48. The van der Waals surface area contributed by atoms with Crippen LogP contribution in [0.1, 0.15) is 54.3 Å². The van der Waals surface area contributed by atoms with Crippen molar-refractivity contribution in [2.24, 2.45) is 0 Å². The number of hydrogen-bond acceptors (Lipinski definition) is 4. The number of rotatable bonds is 7. The van der Waals surface area contributed by atoms with Crippen molar-refractivity contribution >= 4 is 11.9 Å². The lowest BCUT2D eigenvalue weighted by molar-refractivity contribution is -0.137. The lowest BCUT2D eigenvalue weighted by Crippen LogP contribution is -2.31. The molecule has 0 aliphatic carbocycles. The van der Waals surface area contributed by atoms with Gasteiger partial charge in [0.25, 0.3) is 0 Å².